The summed E-state index contributed by atoms with van der Waals surface area (Å²) in [6.45, 7) is 6.38. The first-order valence-corrected chi connectivity index (χ1v) is 6.88. The van der Waals surface area contributed by atoms with Crippen LogP contribution in [0.15, 0.2) is 24.3 Å². The van der Waals surface area contributed by atoms with Gasteiger partial charge in [-0.25, -0.2) is 0 Å². The summed E-state index contributed by atoms with van der Waals surface area (Å²) in [6, 6.07) is 7.70. The van der Waals surface area contributed by atoms with Gasteiger partial charge in [0.2, 0.25) is 0 Å². The second-order valence-corrected chi connectivity index (χ2v) is 5.02. The number of carbonyl (C=O) groups is 1. The van der Waals surface area contributed by atoms with Gasteiger partial charge in [-0.2, -0.15) is 0 Å². The molecule has 0 radical (unpaired) electrons. The van der Waals surface area contributed by atoms with Crippen molar-refractivity contribution >= 4 is 36.4 Å². The average molecular weight is 336 g/mol. The number of nitrogens with two attached hydrogens (primary N) is 1. The summed E-state index contributed by atoms with van der Waals surface area (Å²) >= 11 is 0. The van der Waals surface area contributed by atoms with E-state index in [-0.39, 0.29) is 30.7 Å². The quantitative estimate of drug-likeness (QED) is 0.805. The molecule has 21 heavy (non-hydrogen) atoms. The van der Waals surface area contributed by atoms with Crippen LogP contribution in [0.25, 0.3) is 0 Å². The van der Waals surface area contributed by atoms with E-state index in [2.05, 4.69) is 24.2 Å². The summed E-state index contributed by atoms with van der Waals surface area (Å²) in [7, 11) is 2.06. The van der Waals surface area contributed by atoms with Crippen LogP contribution in [0.4, 0.5) is 5.69 Å². The van der Waals surface area contributed by atoms with Crippen molar-refractivity contribution in [2.75, 3.05) is 31.6 Å². The highest BCUT2D eigenvalue weighted by atomic mass is 35.5. The van der Waals surface area contributed by atoms with E-state index < -0.39 is 0 Å². The molecular formula is C15H27Cl2N3O. The van der Waals surface area contributed by atoms with Crippen LogP contribution < -0.4 is 16.0 Å². The zero-order chi connectivity index (χ0) is 14.3. The molecule has 0 aliphatic heterocycles. The van der Waals surface area contributed by atoms with Crippen LogP contribution in [-0.2, 0) is 0 Å². The van der Waals surface area contributed by atoms with Gasteiger partial charge in [-0.05, 0) is 43.1 Å². The second kappa shape index (κ2) is 11.7. The molecule has 0 bridgehead atoms. The third-order valence-electron chi connectivity index (χ3n) is 3.14. The first-order valence-electron chi connectivity index (χ1n) is 6.88. The minimum absolute atomic E-state index is 0. The average Bonchev–Trinajstić information content (AvgIpc) is 2.44. The van der Waals surface area contributed by atoms with Crippen LogP contribution in [0.1, 0.15) is 30.6 Å². The normalized spacial score (nSPS) is 10.9. The van der Waals surface area contributed by atoms with Crippen molar-refractivity contribution in [3.63, 3.8) is 0 Å². The monoisotopic (exact) mass is 335 g/mol. The molecule has 122 valence electrons. The lowest BCUT2D eigenvalue weighted by Crippen LogP contribution is -2.31. The fraction of sp³-hybridized carbons (Fsp3) is 0.533. The fourth-order valence-electron chi connectivity index (χ4n) is 1.78. The number of hydrogen-bond donors (Lipinski definition) is 2. The molecule has 1 aromatic carbocycles. The van der Waals surface area contributed by atoms with Crippen LogP contribution in [0.3, 0.4) is 0 Å². The van der Waals surface area contributed by atoms with Crippen molar-refractivity contribution < 1.29 is 4.79 Å². The van der Waals surface area contributed by atoms with Crippen molar-refractivity contribution in [1.29, 1.82) is 0 Å². The first-order chi connectivity index (χ1) is 9.08. The number of benzene rings is 1. The maximum absolute atomic E-state index is 11.9. The van der Waals surface area contributed by atoms with E-state index in [0.717, 1.165) is 18.7 Å². The topological polar surface area (TPSA) is 58.4 Å². The Morgan fingerprint density at radius 1 is 1.29 bits per heavy atom. The molecule has 0 fully saturated rings. The number of anilines is 1. The summed E-state index contributed by atoms with van der Waals surface area (Å²) in [6.07, 6.45) is 1.11. The second-order valence-electron chi connectivity index (χ2n) is 5.02. The van der Waals surface area contributed by atoms with Gasteiger partial charge in [0.05, 0.1) is 0 Å². The van der Waals surface area contributed by atoms with Crippen LogP contribution in [0.2, 0.25) is 0 Å². The number of amides is 1. The Morgan fingerprint density at radius 2 is 1.86 bits per heavy atom. The number of rotatable bonds is 7. The van der Waals surface area contributed by atoms with E-state index in [4.69, 9.17) is 5.73 Å². The van der Waals surface area contributed by atoms with Gasteiger partial charge in [-0.3, -0.25) is 4.79 Å². The van der Waals surface area contributed by atoms with Crippen molar-refractivity contribution in [2.24, 2.45) is 11.7 Å². The molecule has 1 amide bonds. The molecule has 3 N–H and O–H groups in total. The Morgan fingerprint density at radius 3 is 2.33 bits per heavy atom. The maximum Gasteiger partial charge on any atom is 0.251 e. The summed E-state index contributed by atoms with van der Waals surface area (Å²) in [5, 5.41) is 2.89. The largest absolute Gasteiger partial charge is 0.375 e. The molecule has 1 rings (SSSR count). The van der Waals surface area contributed by atoms with E-state index >= 15 is 0 Å². The number of nitrogens with zero attached hydrogens (tertiary/aromatic N) is 1. The molecule has 0 saturated heterocycles. The van der Waals surface area contributed by atoms with Crippen molar-refractivity contribution in [3.8, 4) is 0 Å². The van der Waals surface area contributed by atoms with Crippen LogP contribution in [-0.4, -0.2) is 32.6 Å². The molecule has 0 heterocycles. The van der Waals surface area contributed by atoms with Gasteiger partial charge in [-0.1, -0.05) is 13.8 Å². The summed E-state index contributed by atoms with van der Waals surface area (Å²) < 4.78 is 0. The molecular weight excluding hydrogens is 309 g/mol. The Bertz CT molecular complexity index is 398. The Hall–Kier alpha value is -0.970. The van der Waals surface area contributed by atoms with Gasteiger partial charge in [0.1, 0.15) is 0 Å². The van der Waals surface area contributed by atoms with E-state index in [9.17, 15) is 4.79 Å². The lowest BCUT2D eigenvalue weighted by molar-refractivity contribution is 0.0948. The molecule has 0 aliphatic carbocycles. The number of nitrogens with one attached hydrogen (secondary N) is 1. The highest BCUT2D eigenvalue weighted by Crippen LogP contribution is 2.14. The Kier molecular flexibility index (Phi) is 12.4. The zero-order valence-corrected chi connectivity index (χ0v) is 14.6. The molecule has 6 heteroatoms. The maximum atomic E-state index is 11.9. The highest BCUT2D eigenvalue weighted by molar-refractivity contribution is 5.94. The minimum atomic E-state index is -0.0370. The van der Waals surface area contributed by atoms with Crippen LogP contribution in [0.5, 0.6) is 0 Å². The van der Waals surface area contributed by atoms with Crippen molar-refractivity contribution in [3.05, 3.63) is 29.8 Å². The van der Waals surface area contributed by atoms with Crippen molar-refractivity contribution in [1.82, 2.24) is 5.32 Å². The summed E-state index contributed by atoms with van der Waals surface area (Å²) in [5.74, 6) is 0.268. The van der Waals surface area contributed by atoms with Gasteiger partial charge in [0.15, 0.2) is 0 Å². The molecule has 0 spiro atoms. The van der Waals surface area contributed by atoms with E-state index in [1.54, 1.807) is 0 Å². The molecule has 0 saturated carbocycles. The van der Waals surface area contributed by atoms with E-state index in [0.29, 0.717) is 24.6 Å². The van der Waals surface area contributed by atoms with Crippen molar-refractivity contribution in [2.45, 2.75) is 20.3 Å². The fourth-order valence-corrected chi connectivity index (χ4v) is 1.78. The Balaban J connectivity index is 0. The number of carbonyl (C=O) groups excluding carboxylic acids is 1. The van der Waals surface area contributed by atoms with E-state index in [1.165, 1.54) is 0 Å². The first kappa shape index (κ1) is 22.3. The molecule has 0 aliphatic rings. The van der Waals surface area contributed by atoms with Crippen LogP contribution >= 0.6 is 24.8 Å². The van der Waals surface area contributed by atoms with Gasteiger partial charge in [0.25, 0.3) is 5.91 Å². The standard InChI is InChI=1S/C15H25N3O.2ClH/c1-4-9-18(3)14-7-5-13(6-8-14)15(19)17-11-12(2)10-16;;/h5-8,12H,4,9-11,16H2,1-3H3,(H,17,19);2*1H. The third kappa shape index (κ3) is 7.55. The molecule has 4 nitrogen and oxygen atoms in total. The molecule has 1 unspecified atom stereocenters. The number of halogens is 2. The minimum Gasteiger partial charge on any atom is -0.375 e. The smallest absolute Gasteiger partial charge is 0.251 e. The van der Waals surface area contributed by atoms with E-state index in [1.807, 2.05) is 31.2 Å². The lowest BCUT2D eigenvalue weighted by atomic mass is 10.1. The Labute approximate surface area is 140 Å². The molecule has 0 aromatic heterocycles. The zero-order valence-electron chi connectivity index (χ0n) is 13.0. The summed E-state index contributed by atoms with van der Waals surface area (Å²) in [4.78, 5) is 14.1. The van der Waals surface area contributed by atoms with Gasteiger partial charge >= 0.3 is 0 Å². The van der Waals surface area contributed by atoms with Gasteiger partial charge in [-0.15, -0.1) is 24.8 Å². The predicted octanol–water partition coefficient (Wildman–Crippen LogP) is 2.70. The van der Waals surface area contributed by atoms with Crippen LogP contribution in [0, 0.1) is 5.92 Å². The molecule has 1 aromatic rings. The van der Waals surface area contributed by atoms with Gasteiger partial charge in [0, 0.05) is 31.4 Å². The predicted molar refractivity (Wildman–Crippen MR) is 95.1 cm³/mol. The SMILES string of the molecule is CCCN(C)c1ccc(C(=O)NCC(C)CN)cc1.Cl.Cl. The van der Waals surface area contributed by atoms with Gasteiger partial charge < -0.3 is 16.0 Å². The lowest BCUT2D eigenvalue weighted by Gasteiger charge is -2.18. The third-order valence-corrected chi connectivity index (χ3v) is 3.14. The number of hydrogen-bond acceptors (Lipinski definition) is 3. The molecule has 1 atom stereocenters. The summed E-state index contributed by atoms with van der Waals surface area (Å²) in [5.41, 5.74) is 7.35. The highest BCUT2D eigenvalue weighted by Gasteiger charge is 2.07.